The van der Waals surface area contributed by atoms with Crippen LogP contribution in [-0.4, -0.2) is 49.3 Å². The highest BCUT2D eigenvalue weighted by Gasteiger charge is 2.26. The van der Waals surface area contributed by atoms with E-state index >= 15 is 0 Å². The summed E-state index contributed by atoms with van der Waals surface area (Å²) in [6.07, 6.45) is 1.32. The zero-order valence-corrected chi connectivity index (χ0v) is 16.0. The van der Waals surface area contributed by atoms with Gasteiger partial charge in [-0.25, -0.2) is 9.59 Å². The molecule has 6 nitrogen and oxygen atoms in total. The predicted molar refractivity (Wildman–Crippen MR) is 102 cm³/mol. The second kappa shape index (κ2) is 10.0. The molecule has 0 bridgehead atoms. The third-order valence-electron chi connectivity index (χ3n) is 4.81. The lowest BCUT2D eigenvalue weighted by molar-refractivity contribution is 0.135. The van der Waals surface area contributed by atoms with Gasteiger partial charge in [0.2, 0.25) is 0 Å². The van der Waals surface area contributed by atoms with E-state index in [9.17, 15) is 9.59 Å². The molecule has 2 atom stereocenters. The summed E-state index contributed by atoms with van der Waals surface area (Å²) in [5.74, 6) is 0.704. The first kappa shape index (κ1) is 20.1. The summed E-state index contributed by atoms with van der Waals surface area (Å²) in [5, 5.41) is 5.91. The van der Waals surface area contributed by atoms with Gasteiger partial charge in [-0.1, -0.05) is 44.2 Å². The molecule has 0 aliphatic carbocycles. The van der Waals surface area contributed by atoms with E-state index in [-0.39, 0.29) is 18.0 Å². The van der Waals surface area contributed by atoms with Crippen LogP contribution >= 0.6 is 0 Å². The van der Waals surface area contributed by atoms with Crippen molar-refractivity contribution >= 4 is 12.1 Å². The second-order valence-corrected chi connectivity index (χ2v) is 7.10. The molecule has 6 heteroatoms. The molecule has 0 aromatic heterocycles. The van der Waals surface area contributed by atoms with Gasteiger partial charge in [0.15, 0.2) is 0 Å². The fraction of sp³-hybridized carbons (Fsp3) is 0.600. The average molecular weight is 361 g/mol. The summed E-state index contributed by atoms with van der Waals surface area (Å²) in [7, 11) is 0. The monoisotopic (exact) mass is 361 g/mol. The Morgan fingerprint density at radius 1 is 1.27 bits per heavy atom. The summed E-state index contributed by atoms with van der Waals surface area (Å²) < 4.78 is 4.93. The number of amides is 3. The topological polar surface area (TPSA) is 70.7 Å². The van der Waals surface area contributed by atoms with Crippen molar-refractivity contribution in [1.29, 1.82) is 0 Å². The molecule has 1 aliphatic heterocycles. The van der Waals surface area contributed by atoms with Crippen LogP contribution in [0.5, 0.6) is 0 Å². The highest BCUT2D eigenvalue weighted by atomic mass is 16.5. The van der Waals surface area contributed by atoms with E-state index in [1.165, 1.54) is 5.56 Å². The molecule has 1 aromatic carbocycles. The third-order valence-corrected chi connectivity index (χ3v) is 4.81. The number of hydrogen-bond donors (Lipinski definition) is 2. The molecular formula is C20H31N3O3. The van der Waals surface area contributed by atoms with E-state index in [0.29, 0.717) is 32.2 Å². The number of piperidine rings is 1. The number of likely N-dealkylation sites (tertiary alicyclic amines) is 1. The number of hydrogen-bond acceptors (Lipinski definition) is 3. The fourth-order valence-electron chi connectivity index (χ4n) is 3.37. The highest BCUT2D eigenvalue weighted by Crippen LogP contribution is 2.23. The largest absolute Gasteiger partial charge is 0.450 e. The fourth-order valence-corrected chi connectivity index (χ4v) is 3.37. The molecule has 2 rings (SSSR count). The van der Waals surface area contributed by atoms with E-state index < -0.39 is 6.09 Å². The minimum atomic E-state index is -0.413. The lowest BCUT2D eigenvalue weighted by Gasteiger charge is -2.33. The van der Waals surface area contributed by atoms with Gasteiger partial charge in [0.25, 0.3) is 0 Å². The summed E-state index contributed by atoms with van der Waals surface area (Å²) >= 11 is 0. The zero-order valence-electron chi connectivity index (χ0n) is 16.0. The molecule has 0 spiro atoms. The Balaban J connectivity index is 1.87. The summed E-state index contributed by atoms with van der Waals surface area (Å²) in [6.45, 7) is 8.30. The number of ether oxygens (including phenoxy) is 1. The van der Waals surface area contributed by atoms with Gasteiger partial charge < -0.3 is 20.3 Å². The van der Waals surface area contributed by atoms with Crippen LogP contribution in [-0.2, 0) is 4.74 Å². The smallest absolute Gasteiger partial charge is 0.407 e. The van der Waals surface area contributed by atoms with Gasteiger partial charge in [-0.05, 0) is 31.2 Å². The highest BCUT2D eigenvalue weighted by molar-refractivity contribution is 5.74. The normalized spacial score (nSPS) is 18.3. The molecule has 1 fully saturated rings. The van der Waals surface area contributed by atoms with Gasteiger partial charge in [-0.3, -0.25) is 0 Å². The predicted octanol–water partition coefficient (Wildman–Crippen LogP) is 3.35. The molecule has 1 aliphatic rings. The molecule has 0 radical (unpaired) electrons. The molecule has 3 amide bonds. The van der Waals surface area contributed by atoms with Crippen molar-refractivity contribution in [3.63, 3.8) is 0 Å². The zero-order chi connectivity index (χ0) is 18.9. The number of benzene rings is 1. The molecule has 0 saturated carbocycles. The summed E-state index contributed by atoms with van der Waals surface area (Å²) in [5.41, 5.74) is 1.24. The first-order valence-corrected chi connectivity index (χ1v) is 9.52. The maximum Gasteiger partial charge on any atom is 0.407 e. The Hall–Kier alpha value is -2.24. The number of carbonyl (C=O) groups is 2. The Morgan fingerprint density at radius 2 is 2.00 bits per heavy atom. The first-order valence-electron chi connectivity index (χ1n) is 9.52. The molecular weight excluding hydrogens is 330 g/mol. The van der Waals surface area contributed by atoms with Crippen LogP contribution in [0, 0.1) is 5.92 Å². The minimum absolute atomic E-state index is 0.0523. The van der Waals surface area contributed by atoms with Gasteiger partial charge >= 0.3 is 12.1 Å². The Bertz CT molecular complexity index is 577. The van der Waals surface area contributed by atoms with E-state index in [1.807, 2.05) is 18.2 Å². The molecule has 1 aromatic rings. The van der Waals surface area contributed by atoms with Crippen molar-refractivity contribution in [1.82, 2.24) is 15.5 Å². The molecule has 26 heavy (non-hydrogen) atoms. The number of carbonyl (C=O) groups excluding carboxylic acids is 2. The molecule has 1 heterocycles. The molecule has 1 saturated heterocycles. The lowest BCUT2D eigenvalue weighted by atomic mass is 9.88. The standard InChI is InChI=1S/C20H31N3O3/c1-4-26-20(25)22-17-11-8-12-23(14-17)19(24)21-13-18(15(2)3)16-9-6-5-7-10-16/h5-7,9-10,15,17-18H,4,8,11-14H2,1-3H3,(H,21,24)(H,22,25)/t17-,18+/m1/s1. The van der Waals surface area contributed by atoms with Crippen molar-refractivity contribution in [2.45, 2.75) is 45.6 Å². The van der Waals surface area contributed by atoms with Gasteiger partial charge in [-0.2, -0.15) is 0 Å². The molecule has 0 unspecified atom stereocenters. The second-order valence-electron chi connectivity index (χ2n) is 7.10. The van der Waals surface area contributed by atoms with Crippen LogP contribution in [0.25, 0.3) is 0 Å². The van der Waals surface area contributed by atoms with Crippen molar-refractivity contribution in [2.75, 3.05) is 26.2 Å². The molecule has 144 valence electrons. The van der Waals surface area contributed by atoms with Crippen molar-refractivity contribution < 1.29 is 14.3 Å². The van der Waals surface area contributed by atoms with Crippen molar-refractivity contribution in [3.05, 3.63) is 35.9 Å². The Kier molecular flexibility index (Phi) is 7.75. The van der Waals surface area contributed by atoms with E-state index in [4.69, 9.17) is 4.74 Å². The minimum Gasteiger partial charge on any atom is -0.450 e. The van der Waals surface area contributed by atoms with Crippen LogP contribution in [0.3, 0.4) is 0 Å². The third kappa shape index (κ3) is 5.93. The SMILES string of the molecule is CCOC(=O)N[C@@H]1CCCN(C(=O)NC[C@H](c2ccccc2)C(C)C)C1. The van der Waals surface area contributed by atoms with Crippen molar-refractivity contribution in [2.24, 2.45) is 5.92 Å². The van der Waals surface area contributed by atoms with Gasteiger partial charge in [0.1, 0.15) is 0 Å². The number of nitrogens with one attached hydrogen (secondary N) is 2. The number of alkyl carbamates (subject to hydrolysis) is 1. The van der Waals surface area contributed by atoms with Gasteiger partial charge in [-0.15, -0.1) is 0 Å². The maximum atomic E-state index is 12.6. The van der Waals surface area contributed by atoms with Crippen LogP contribution in [0.1, 0.15) is 45.1 Å². The molecule has 2 N–H and O–H groups in total. The van der Waals surface area contributed by atoms with Gasteiger partial charge in [0, 0.05) is 31.6 Å². The van der Waals surface area contributed by atoms with Crippen LogP contribution in [0.15, 0.2) is 30.3 Å². The van der Waals surface area contributed by atoms with Crippen molar-refractivity contribution in [3.8, 4) is 0 Å². The Morgan fingerprint density at radius 3 is 2.65 bits per heavy atom. The van der Waals surface area contributed by atoms with Crippen LogP contribution in [0.2, 0.25) is 0 Å². The lowest BCUT2D eigenvalue weighted by Crippen LogP contribution is -2.52. The van der Waals surface area contributed by atoms with E-state index in [0.717, 1.165) is 12.8 Å². The number of urea groups is 1. The van der Waals surface area contributed by atoms with Crippen LogP contribution in [0.4, 0.5) is 9.59 Å². The Labute approximate surface area is 156 Å². The summed E-state index contributed by atoms with van der Waals surface area (Å²) in [6, 6.07) is 10.2. The first-order chi connectivity index (χ1) is 12.5. The van der Waals surface area contributed by atoms with E-state index in [2.05, 4.69) is 36.6 Å². The van der Waals surface area contributed by atoms with Crippen LogP contribution < -0.4 is 10.6 Å². The summed E-state index contributed by atoms with van der Waals surface area (Å²) in [4.78, 5) is 25.9. The van der Waals surface area contributed by atoms with E-state index in [1.54, 1.807) is 11.8 Å². The average Bonchev–Trinajstić information content (AvgIpc) is 2.62. The van der Waals surface area contributed by atoms with Gasteiger partial charge in [0.05, 0.1) is 6.61 Å². The quantitative estimate of drug-likeness (QED) is 0.816. The maximum absolute atomic E-state index is 12.6. The number of nitrogens with zero attached hydrogens (tertiary/aromatic N) is 1. The number of rotatable bonds is 6.